The fraction of sp³-hybridized carbons (Fsp3) is 0.0870. The zero-order chi connectivity index (χ0) is 21.3. The average molecular weight is 441 g/mol. The van der Waals surface area contributed by atoms with Gasteiger partial charge in [-0.05, 0) is 35.9 Å². The van der Waals surface area contributed by atoms with E-state index in [4.69, 9.17) is 11.6 Å². The predicted octanol–water partition coefficient (Wildman–Crippen LogP) is 5.46. The number of hydrogen-bond acceptors (Lipinski definition) is 3. The number of nitrogens with zero attached hydrogens (tertiary/aromatic N) is 2. The number of hydrogen-bond donors (Lipinski definition) is 0. The highest BCUT2D eigenvalue weighted by atomic mass is 35.5. The van der Waals surface area contributed by atoms with Gasteiger partial charge in [0.2, 0.25) is 0 Å². The number of benzene rings is 3. The number of aromatic nitrogens is 2. The number of halogens is 2. The highest BCUT2D eigenvalue weighted by Gasteiger charge is 2.18. The van der Waals surface area contributed by atoms with Crippen LogP contribution in [0.2, 0.25) is 5.02 Å². The molecule has 7 heteroatoms. The van der Waals surface area contributed by atoms with Crippen molar-refractivity contribution in [2.75, 3.05) is 6.26 Å². The summed E-state index contributed by atoms with van der Waals surface area (Å²) in [7, 11) is -3.32. The second-order valence-electron chi connectivity index (χ2n) is 6.97. The van der Waals surface area contributed by atoms with Gasteiger partial charge >= 0.3 is 0 Å². The number of sulfone groups is 1. The van der Waals surface area contributed by atoms with Gasteiger partial charge in [0.1, 0.15) is 5.82 Å². The molecule has 152 valence electrons. The van der Waals surface area contributed by atoms with Gasteiger partial charge < -0.3 is 0 Å². The molecule has 0 N–H and O–H groups in total. The maximum absolute atomic E-state index is 14.5. The summed E-state index contributed by atoms with van der Waals surface area (Å²) < 4.78 is 40.0. The molecule has 4 rings (SSSR count). The van der Waals surface area contributed by atoms with E-state index in [0.717, 1.165) is 17.4 Å². The lowest BCUT2D eigenvalue weighted by molar-refractivity contribution is 0.602. The van der Waals surface area contributed by atoms with Crippen molar-refractivity contribution in [3.8, 4) is 22.4 Å². The van der Waals surface area contributed by atoms with Crippen LogP contribution >= 0.6 is 11.6 Å². The second kappa shape index (κ2) is 8.05. The van der Waals surface area contributed by atoms with E-state index in [9.17, 15) is 12.8 Å². The Kier molecular flexibility index (Phi) is 5.45. The van der Waals surface area contributed by atoms with Crippen LogP contribution in [0.15, 0.2) is 83.9 Å². The normalized spacial score (nSPS) is 11.6. The zero-order valence-corrected chi connectivity index (χ0v) is 17.7. The Balaban J connectivity index is 1.85. The monoisotopic (exact) mass is 440 g/mol. The van der Waals surface area contributed by atoms with Crippen LogP contribution in [0.3, 0.4) is 0 Å². The summed E-state index contributed by atoms with van der Waals surface area (Å²) in [4.78, 5) is 0.224. The van der Waals surface area contributed by atoms with Crippen molar-refractivity contribution in [1.82, 2.24) is 9.78 Å². The molecule has 0 saturated heterocycles. The van der Waals surface area contributed by atoms with E-state index in [-0.39, 0.29) is 10.7 Å². The Hall–Kier alpha value is -2.96. The van der Waals surface area contributed by atoms with E-state index in [1.54, 1.807) is 65.5 Å². The van der Waals surface area contributed by atoms with Crippen molar-refractivity contribution in [1.29, 1.82) is 0 Å². The van der Waals surface area contributed by atoms with E-state index in [1.807, 2.05) is 12.1 Å². The van der Waals surface area contributed by atoms with Gasteiger partial charge in [-0.25, -0.2) is 12.8 Å². The van der Waals surface area contributed by atoms with Crippen molar-refractivity contribution in [2.24, 2.45) is 0 Å². The van der Waals surface area contributed by atoms with Crippen LogP contribution in [0, 0.1) is 5.82 Å². The minimum atomic E-state index is -3.32. The van der Waals surface area contributed by atoms with Crippen LogP contribution in [-0.2, 0) is 16.4 Å². The third-order valence-corrected chi connectivity index (χ3v) is 6.19. The van der Waals surface area contributed by atoms with Gasteiger partial charge in [0.15, 0.2) is 9.84 Å². The largest absolute Gasteiger partial charge is 0.260 e. The summed E-state index contributed by atoms with van der Waals surface area (Å²) in [5.41, 5.74) is 3.50. The molecule has 0 amide bonds. The Bertz CT molecular complexity index is 1300. The molecule has 0 aliphatic heterocycles. The third-order valence-electron chi connectivity index (χ3n) is 4.80. The van der Waals surface area contributed by atoms with Gasteiger partial charge in [-0.15, -0.1) is 0 Å². The molecular formula is C23H18ClFN2O2S. The topological polar surface area (TPSA) is 52.0 Å². The van der Waals surface area contributed by atoms with E-state index >= 15 is 0 Å². The fourth-order valence-electron chi connectivity index (χ4n) is 3.31. The zero-order valence-electron chi connectivity index (χ0n) is 16.1. The minimum Gasteiger partial charge on any atom is -0.260 e. The SMILES string of the molecule is CS(=O)(=O)c1ccc(-c2c(-c3ccccc3F)cnn2Cc2ccc(Cl)cc2)cc1. The molecule has 3 aromatic carbocycles. The molecule has 1 aromatic heterocycles. The van der Waals surface area contributed by atoms with Gasteiger partial charge in [0, 0.05) is 28.0 Å². The van der Waals surface area contributed by atoms with Crippen molar-refractivity contribution in [2.45, 2.75) is 11.4 Å². The van der Waals surface area contributed by atoms with Gasteiger partial charge in [0.25, 0.3) is 0 Å². The summed E-state index contributed by atoms with van der Waals surface area (Å²) in [6.45, 7) is 0.453. The Morgan fingerprint density at radius 3 is 2.23 bits per heavy atom. The van der Waals surface area contributed by atoms with Crippen molar-refractivity contribution < 1.29 is 12.8 Å². The lowest BCUT2D eigenvalue weighted by Crippen LogP contribution is -2.04. The molecule has 4 nitrogen and oxygen atoms in total. The molecule has 0 aliphatic rings. The highest BCUT2D eigenvalue weighted by molar-refractivity contribution is 7.90. The average Bonchev–Trinajstić information content (AvgIpc) is 3.13. The summed E-state index contributed by atoms with van der Waals surface area (Å²) in [5, 5.41) is 5.14. The quantitative estimate of drug-likeness (QED) is 0.414. The van der Waals surface area contributed by atoms with Crippen molar-refractivity contribution in [3.63, 3.8) is 0 Å². The van der Waals surface area contributed by atoms with Crippen molar-refractivity contribution >= 4 is 21.4 Å². The van der Waals surface area contributed by atoms with Crippen LogP contribution in [0.1, 0.15) is 5.56 Å². The summed E-state index contributed by atoms with van der Waals surface area (Å²) in [5.74, 6) is -0.349. The minimum absolute atomic E-state index is 0.224. The van der Waals surface area contributed by atoms with Crippen LogP contribution in [0.4, 0.5) is 4.39 Å². The van der Waals surface area contributed by atoms with E-state index < -0.39 is 9.84 Å². The molecule has 0 aliphatic carbocycles. The first-order chi connectivity index (χ1) is 14.3. The standard InChI is InChI=1S/C23H18ClFN2O2S/c1-30(28,29)19-12-8-17(9-13-19)23-21(20-4-2-3-5-22(20)25)14-26-27(23)15-16-6-10-18(24)11-7-16/h2-14H,15H2,1H3. The Morgan fingerprint density at radius 2 is 1.60 bits per heavy atom. The molecule has 4 aromatic rings. The maximum Gasteiger partial charge on any atom is 0.175 e. The van der Waals surface area contributed by atoms with Gasteiger partial charge in [-0.2, -0.15) is 5.10 Å². The van der Waals surface area contributed by atoms with Gasteiger partial charge in [-0.1, -0.05) is 54.1 Å². The van der Waals surface area contributed by atoms with E-state index in [2.05, 4.69) is 5.10 Å². The van der Waals surface area contributed by atoms with Crippen LogP contribution in [0.25, 0.3) is 22.4 Å². The van der Waals surface area contributed by atoms with Crippen LogP contribution < -0.4 is 0 Å². The fourth-order valence-corrected chi connectivity index (χ4v) is 4.07. The van der Waals surface area contributed by atoms with Crippen LogP contribution in [-0.4, -0.2) is 24.5 Å². The lowest BCUT2D eigenvalue weighted by Gasteiger charge is -2.12. The lowest BCUT2D eigenvalue weighted by atomic mass is 10.0. The summed E-state index contributed by atoms with van der Waals surface area (Å²) in [6.07, 6.45) is 2.80. The molecule has 0 fully saturated rings. The highest BCUT2D eigenvalue weighted by Crippen LogP contribution is 2.34. The molecule has 0 saturated carbocycles. The summed E-state index contributed by atoms with van der Waals surface area (Å²) >= 11 is 5.98. The van der Waals surface area contributed by atoms with E-state index in [1.165, 1.54) is 6.07 Å². The first-order valence-electron chi connectivity index (χ1n) is 9.18. The molecule has 1 heterocycles. The molecule has 0 spiro atoms. The molecular weight excluding hydrogens is 423 g/mol. The van der Waals surface area contributed by atoms with Gasteiger partial charge in [-0.3, -0.25) is 4.68 Å². The maximum atomic E-state index is 14.5. The van der Waals surface area contributed by atoms with Gasteiger partial charge in [0.05, 0.1) is 23.3 Å². The first-order valence-corrected chi connectivity index (χ1v) is 11.5. The smallest absolute Gasteiger partial charge is 0.175 e. The summed E-state index contributed by atoms with van der Waals surface area (Å²) in [6, 6.07) is 20.5. The van der Waals surface area contributed by atoms with E-state index in [0.29, 0.717) is 28.4 Å². The number of rotatable bonds is 5. The molecule has 0 radical (unpaired) electrons. The molecule has 0 unspecified atom stereocenters. The first kappa shape index (κ1) is 20.3. The Labute approximate surface area is 179 Å². The van der Waals surface area contributed by atoms with Crippen LogP contribution in [0.5, 0.6) is 0 Å². The molecule has 0 atom stereocenters. The molecule has 0 bridgehead atoms. The Morgan fingerprint density at radius 1 is 0.933 bits per heavy atom. The molecule has 30 heavy (non-hydrogen) atoms. The third kappa shape index (κ3) is 4.15. The predicted molar refractivity (Wildman–Crippen MR) is 117 cm³/mol. The van der Waals surface area contributed by atoms with Crippen molar-refractivity contribution in [3.05, 3.63) is 95.4 Å². The second-order valence-corrected chi connectivity index (χ2v) is 9.42.